The maximum absolute atomic E-state index is 10.7. The van der Waals surface area contributed by atoms with Crippen molar-refractivity contribution in [1.82, 2.24) is 0 Å². The number of aromatic carboxylic acids is 1. The minimum atomic E-state index is -0.962. The molecule has 0 unspecified atom stereocenters. The van der Waals surface area contributed by atoms with Crippen LogP contribution in [0.3, 0.4) is 0 Å². The summed E-state index contributed by atoms with van der Waals surface area (Å²) in [6, 6.07) is 11.4. The topological polar surface area (TPSA) is 61.7 Å². The number of hydrazone groups is 1. The van der Waals surface area contributed by atoms with Gasteiger partial charge in [-0.25, -0.2) is 4.79 Å². The summed E-state index contributed by atoms with van der Waals surface area (Å²) in [7, 11) is 0. The normalized spacial score (nSPS) is 10.7. The monoisotopic (exact) mass is 308 g/mol. The van der Waals surface area contributed by atoms with Crippen LogP contribution >= 0.6 is 23.2 Å². The van der Waals surface area contributed by atoms with Crippen LogP contribution in [0.5, 0.6) is 0 Å². The lowest BCUT2D eigenvalue weighted by molar-refractivity contribution is 0.0697. The van der Waals surface area contributed by atoms with Crippen LogP contribution in [-0.2, 0) is 0 Å². The Hall–Kier alpha value is -2.04. The Labute approximate surface area is 125 Å². The molecule has 0 aromatic heterocycles. The smallest absolute Gasteiger partial charge is 0.335 e. The van der Waals surface area contributed by atoms with Gasteiger partial charge in [0.2, 0.25) is 0 Å². The molecule has 20 heavy (non-hydrogen) atoms. The van der Waals surface area contributed by atoms with Crippen LogP contribution < -0.4 is 5.43 Å². The van der Waals surface area contributed by atoms with Gasteiger partial charge in [-0.15, -0.1) is 0 Å². The van der Waals surface area contributed by atoms with Crippen molar-refractivity contribution >= 4 is 41.1 Å². The first kappa shape index (κ1) is 14.4. The van der Waals surface area contributed by atoms with E-state index >= 15 is 0 Å². The maximum Gasteiger partial charge on any atom is 0.335 e. The van der Waals surface area contributed by atoms with Gasteiger partial charge in [-0.1, -0.05) is 29.3 Å². The van der Waals surface area contributed by atoms with Gasteiger partial charge in [0.25, 0.3) is 0 Å². The lowest BCUT2D eigenvalue weighted by atomic mass is 10.2. The lowest BCUT2D eigenvalue weighted by Crippen LogP contribution is -1.96. The number of hydrogen-bond acceptors (Lipinski definition) is 3. The molecule has 2 aromatic carbocycles. The zero-order valence-electron chi connectivity index (χ0n) is 10.2. The molecular weight excluding hydrogens is 299 g/mol. The van der Waals surface area contributed by atoms with Crippen molar-refractivity contribution in [1.29, 1.82) is 0 Å². The molecule has 0 aliphatic carbocycles. The van der Waals surface area contributed by atoms with Crippen LogP contribution in [0.2, 0.25) is 10.0 Å². The van der Waals surface area contributed by atoms with Crippen molar-refractivity contribution < 1.29 is 9.90 Å². The second-order valence-corrected chi connectivity index (χ2v) is 4.74. The fraction of sp³-hybridized carbons (Fsp3) is 0. The number of halogens is 2. The fourth-order valence-electron chi connectivity index (χ4n) is 1.46. The van der Waals surface area contributed by atoms with E-state index in [1.807, 2.05) is 0 Å². The summed E-state index contributed by atoms with van der Waals surface area (Å²) >= 11 is 11.7. The number of nitrogens with one attached hydrogen (secondary N) is 1. The van der Waals surface area contributed by atoms with E-state index in [0.29, 0.717) is 15.7 Å². The third-order valence-electron chi connectivity index (χ3n) is 2.48. The number of benzene rings is 2. The summed E-state index contributed by atoms with van der Waals surface area (Å²) in [6.07, 6.45) is 1.59. The molecule has 0 fully saturated rings. The number of anilines is 1. The Morgan fingerprint density at radius 2 is 1.80 bits per heavy atom. The number of carboxylic acid groups (broad SMARTS) is 1. The molecule has 0 saturated carbocycles. The molecule has 0 spiro atoms. The fourth-order valence-corrected chi connectivity index (χ4v) is 1.77. The predicted molar refractivity (Wildman–Crippen MR) is 81.1 cm³/mol. The molecule has 0 radical (unpaired) electrons. The van der Waals surface area contributed by atoms with E-state index in [1.54, 1.807) is 36.5 Å². The quantitative estimate of drug-likeness (QED) is 0.659. The van der Waals surface area contributed by atoms with Crippen LogP contribution in [-0.4, -0.2) is 17.3 Å². The van der Waals surface area contributed by atoms with Crippen molar-refractivity contribution in [2.75, 3.05) is 5.43 Å². The van der Waals surface area contributed by atoms with Gasteiger partial charge >= 0.3 is 5.97 Å². The average molecular weight is 309 g/mol. The molecule has 0 atom stereocenters. The number of carbonyl (C=O) groups is 1. The molecule has 2 aromatic rings. The van der Waals surface area contributed by atoms with E-state index in [0.717, 1.165) is 5.56 Å². The van der Waals surface area contributed by atoms with Gasteiger partial charge in [0.05, 0.1) is 27.5 Å². The third kappa shape index (κ3) is 3.73. The Balaban J connectivity index is 2.02. The molecule has 6 heteroatoms. The molecule has 0 aliphatic heterocycles. The second kappa shape index (κ2) is 6.41. The molecule has 0 saturated heterocycles. The van der Waals surface area contributed by atoms with E-state index < -0.39 is 5.97 Å². The van der Waals surface area contributed by atoms with Crippen LogP contribution in [0, 0.1) is 0 Å². The van der Waals surface area contributed by atoms with E-state index in [2.05, 4.69) is 10.5 Å². The molecule has 2 N–H and O–H groups in total. The van der Waals surface area contributed by atoms with E-state index in [1.165, 1.54) is 12.1 Å². The van der Waals surface area contributed by atoms with E-state index in [-0.39, 0.29) is 5.56 Å². The van der Waals surface area contributed by atoms with Gasteiger partial charge < -0.3 is 5.11 Å². The van der Waals surface area contributed by atoms with Crippen molar-refractivity contribution in [2.45, 2.75) is 0 Å². The van der Waals surface area contributed by atoms with Gasteiger partial charge in [-0.2, -0.15) is 5.10 Å². The van der Waals surface area contributed by atoms with Crippen LogP contribution in [0.15, 0.2) is 47.6 Å². The Morgan fingerprint density at radius 3 is 2.40 bits per heavy atom. The summed E-state index contributed by atoms with van der Waals surface area (Å²) in [5, 5.41) is 13.8. The largest absolute Gasteiger partial charge is 0.478 e. The number of rotatable bonds is 4. The minimum absolute atomic E-state index is 0.226. The molecule has 102 valence electrons. The number of hydrogen-bond donors (Lipinski definition) is 2. The Kier molecular flexibility index (Phi) is 4.61. The maximum atomic E-state index is 10.7. The second-order valence-electron chi connectivity index (χ2n) is 3.93. The zero-order valence-corrected chi connectivity index (χ0v) is 11.7. The SMILES string of the molecule is O=C(O)c1ccc(NN=Cc2ccc(Cl)c(Cl)c2)cc1. The van der Waals surface area contributed by atoms with Gasteiger partial charge in [-0.3, -0.25) is 5.43 Å². The third-order valence-corrected chi connectivity index (χ3v) is 3.22. The Bertz CT molecular complexity index is 655. The van der Waals surface area contributed by atoms with Gasteiger partial charge in [0, 0.05) is 0 Å². The Morgan fingerprint density at radius 1 is 1.10 bits per heavy atom. The summed E-state index contributed by atoms with van der Waals surface area (Å²) in [5.74, 6) is -0.962. The van der Waals surface area contributed by atoms with Crippen LogP contribution in [0.25, 0.3) is 0 Å². The van der Waals surface area contributed by atoms with Gasteiger partial charge in [0.15, 0.2) is 0 Å². The molecule has 4 nitrogen and oxygen atoms in total. The number of carboxylic acids is 1. The number of nitrogens with zero attached hydrogens (tertiary/aromatic N) is 1. The van der Waals surface area contributed by atoms with Crippen molar-refractivity contribution in [3.8, 4) is 0 Å². The molecule has 0 aliphatic rings. The molecular formula is C14H10Cl2N2O2. The lowest BCUT2D eigenvalue weighted by Gasteiger charge is -2.01. The highest BCUT2D eigenvalue weighted by atomic mass is 35.5. The standard InChI is InChI=1S/C14H10Cl2N2O2/c15-12-6-1-9(7-13(12)16)8-17-18-11-4-2-10(3-5-11)14(19)20/h1-8,18H,(H,19,20). The summed E-state index contributed by atoms with van der Waals surface area (Å²) in [4.78, 5) is 10.7. The van der Waals surface area contributed by atoms with Crippen molar-refractivity contribution in [2.24, 2.45) is 5.10 Å². The van der Waals surface area contributed by atoms with Gasteiger partial charge in [-0.05, 0) is 42.0 Å². The minimum Gasteiger partial charge on any atom is -0.478 e. The highest BCUT2D eigenvalue weighted by molar-refractivity contribution is 6.42. The molecule has 0 heterocycles. The molecule has 2 rings (SSSR count). The summed E-state index contributed by atoms with van der Waals surface area (Å²) in [5.41, 5.74) is 4.51. The first-order valence-electron chi connectivity index (χ1n) is 5.64. The van der Waals surface area contributed by atoms with Crippen LogP contribution in [0.4, 0.5) is 5.69 Å². The van der Waals surface area contributed by atoms with Crippen molar-refractivity contribution in [3.05, 3.63) is 63.6 Å². The zero-order chi connectivity index (χ0) is 14.5. The van der Waals surface area contributed by atoms with E-state index in [4.69, 9.17) is 28.3 Å². The van der Waals surface area contributed by atoms with Crippen molar-refractivity contribution in [3.63, 3.8) is 0 Å². The first-order valence-corrected chi connectivity index (χ1v) is 6.39. The summed E-state index contributed by atoms with van der Waals surface area (Å²) < 4.78 is 0. The predicted octanol–water partition coefficient (Wildman–Crippen LogP) is 4.14. The molecule has 0 amide bonds. The highest BCUT2D eigenvalue weighted by Gasteiger charge is 2.01. The first-order chi connectivity index (χ1) is 9.56. The van der Waals surface area contributed by atoms with Gasteiger partial charge in [0.1, 0.15) is 0 Å². The van der Waals surface area contributed by atoms with Crippen LogP contribution in [0.1, 0.15) is 15.9 Å². The van der Waals surface area contributed by atoms with E-state index in [9.17, 15) is 4.79 Å². The average Bonchev–Trinajstić information content (AvgIpc) is 2.43. The summed E-state index contributed by atoms with van der Waals surface area (Å²) in [6.45, 7) is 0. The highest BCUT2D eigenvalue weighted by Crippen LogP contribution is 2.21. The molecule has 0 bridgehead atoms.